The lowest BCUT2D eigenvalue weighted by atomic mass is 10.0. The number of carbonyl (C=O) groups excluding carboxylic acids is 2. The molecule has 1 aliphatic carbocycles. The van der Waals surface area contributed by atoms with E-state index < -0.39 is 0 Å². The number of piperazine rings is 1. The molecule has 11 heteroatoms. The van der Waals surface area contributed by atoms with E-state index in [1.54, 1.807) is 26.0 Å². The zero-order valence-corrected chi connectivity index (χ0v) is 26.8. The largest absolute Gasteiger partial charge is 0.496 e. The first-order valence-electron chi connectivity index (χ1n) is 15.5. The molecule has 242 valence electrons. The predicted octanol–water partition coefficient (Wildman–Crippen LogP) is 3.81. The standard InChI is InChI=1S/C34H43N3O7S/c1-40-16-5-15-36-30-19-29(13-14-32(30)44-23-34(36)39)45-24-27-20-35-21-33(38)37(27)26-9-11-28(12-10-26)43-18-6-17-42-22-25-7-3-4-8-31(25)41-2/h3-4,7-14,19,27,30,32,35H,5-6,15-18,20-24H2,1-2H3/t27-,30?,32?/m1/s1. The Balaban J connectivity index is 1.11. The van der Waals surface area contributed by atoms with Gasteiger partial charge in [0.2, 0.25) is 11.8 Å². The van der Waals surface area contributed by atoms with Crippen LogP contribution in [0.2, 0.25) is 0 Å². The summed E-state index contributed by atoms with van der Waals surface area (Å²) in [4.78, 5) is 30.5. The summed E-state index contributed by atoms with van der Waals surface area (Å²) in [5.74, 6) is 2.32. The van der Waals surface area contributed by atoms with E-state index >= 15 is 0 Å². The van der Waals surface area contributed by atoms with E-state index in [4.69, 9.17) is 23.7 Å². The molecule has 45 heavy (non-hydrogen) atoms. The van der Waals surface area contributed by atoms with Gasteiger partial charge in [-0.25, -0.2) is 0 Å². The smallest absolute Gasteiger partial charge is 0.249 e. The van der Waals surface area contributed by atoms with E-state index in [1.165, 1.54) is 0 Å². The van der Waals surface area contributed by atoms with Gasteiger partial charge in [-0.15, -0.1) is 11.8 Å². The number of morpholine rings is 1. The van der Waals surface area contributed by atoms with Gasteiger partial charge in [0.1, 0.15) is 24.2 Å². The molecule has 2 heterocycles. The molecule has 2 amide bonds. The number of carbonyl (C=O) groups is 2. The molecule has 2 aromatic carbocycles. The second kappa shape index (κ2) is 16.8. The van der Waals surface area contributed by atoms with Crippen LogP contribution in [-0.4, -0.2) is 101 Å². The van der Waals surface area contributed by atoms with Crippen molar-refractivity contribution in [1.29, 1.82) is 0 Å². The third kappa shape index (κ3) is 8.89. The fourth-order valence-electron chi connectivity index (χ4n) is 5.67. The number of hydrogen-bond acceptors (Lipinski definition) is 9. The number of methoxy groups -OCH3 is 2. The highest BCUT2D eigenvalue weighted by Gasteiger charge is 2.36. The molecule has 5 rings (SSSR count). The van der Waals surface area contributed by atoms with E-state index in [-0.39, 0.29) is 36.6 Å². The zero-order valence-electron chi connectivity index (χ0n) is 26.0. The zero-order chi connectivity index (χ0) is 31.4. The minimum atomic E-state index is -0.143. The second-order valence-electron chi connectivity index (χ2n) is 11.0. The summed E-state index contributed by atoms with van der Waals surface area (Å²) in [5, 5.41) is 3.26. The minimum Gasteiger partial charge on any atom is -0.496 e. The highest BCUT2D eigenvalue weighted by molar-refractivity contribution is 8.03. The van der Waals surface area contributed by atoms with Crippen LogP contribution >= 0.6 is 11.8 Å². The summed E-state index contributed by atoms with van der Waals surface area (Å²) in [6, 6.07) is 15.4. The first-order valence-corrected chi connectivity index (χ1v) is 16.4. The average Bonchev–Trinajstić information content (AvgIpc) is 3.07. The van der Waals surface area contributed by atoms with Crippen molar-refractivity contribution in [2.24, 2.45) is 0 Å². The van der Waals surface area contributed by atoms with Crippen LogP contribution in [0.25, 0.3) is 0 Å². The number of nitrogens with one attached hydrogen (secondary N) is 1. The van der Waals surface area contributed by atoms with E-state index in [0.717, 1.165) is 40.5 Å². The van der Waals surface area contributed by atoms with Crippen LogP contribution in [0, 0.1) is 0 Å². The Morgan fingerprint density at radius 1 is 1.00 bits per heavy atom. The fraction of sp³-hybridized carbons (Fsp3) is 0.471. The SMILES string of the molecule is COCCCN1C(=O)COC2C=CC(SC[C@H]3CNCC(=O)N3c3ccc(OCCCOCc4ccccc4OC)cc3)=CC21. The highest BCUT2D eigenvalue weighted by Crippen LogP contribution is 2.31. The van der Waals surface area contributed by atoms with Crippen LogP contribution in [-0.2, 0) is 30.4 Å². The van der Waals surface area contributed by atoms with Gasteiger partial charge >= 0.3 is 0 Å². The molecule has 0 saturated carbocycles. The number of anilines is 1. The molecule has 2 aliphatic heterocycles. The lowest BCUT2D eigenvalue weighted by Gasteiger charge is -2.40. The van der Waals surface area contributed by atoms with Gasteiger partial charge in [-0.3, -0.25) is 9.59 Å². The van der Waals surface area contributed by atoms with E-state index in [2.05, 4.69) is 17.5 Å². The number of ether oxygens (including phenoxy) is 5. The maximum Gasteiger partial charge on any atom is 0.249 e. The molecular formula is C34H43N3O7S. The van der Waals surface area contributed by atoms with Crippen molar-refractivity contribution in [2.75, 3.05) is 70.9 Å². The van der Waals surface area contributed by atoms with Gasteiger partial charge in [-0.05, 0) is 42.8 Å². The van der Waals surface area contributed by atoms with Gasteiger partial charge in [-0.1, -0.05) is 30.4 Å². The number of nitrogens with zero attached hydrogens (tertiary/aromatic N) is 2. The quantitative estimate of drug-likeness (QED) is 0.276. The van der Waals surface area contributed by atoms with Gasteiger partial charge in [-0.2, -0.15) is 0 Å². The molecule has 0 aromatic heterocycles. The molecular weight excluding hydrogens is 594 g/mol. The molecule has 0 radical (unpaired) electrons. The number of para-hydroxylation sites is 1. The Morgan fingerprint density at radius 3 is 2.67 bits per heavy atom. The van der Waals surface area contributed by atoms with Crippen molar-refractivity contribution in [3.63, 3.8) is 0 Å². The summed E-state index contributed by atoms with van der Waals surface area (Å²) in [6.45, 7) is 3.93. The number of fused-ring (bicyclic) bond motifs is 1. The van der Waals surface area contributed by atoms with Crippen molar-refractivity contribution in [3.05, 3.63) is 77.2 Å². The summed E-state index contributed by atoms with van der Waals surface area (Å²) < 4.78 is 28.1. The van der Waals surface area contributed by atoms with Crippen molar-refractivity contribution in [1.82, 2.24) is 10.2 Å². The Bertz CT molecular complexity index is 1340. The third-order valence-corrected chi connectivity index (χ3v) is 9.10. The monoisotopic (exact) mass is 637 g/mol. The normalized spacial score (nSPS) is 21.5. The number of amides is 2. The number of hydrogen-bond donors (Lipinski definition) is 1. The molecule has 0 spiro atoms. The summed E-state index contributed by atoms with van der Waals surface area (Å²) in [5.41, 5.74) is 1.87. The van der Waals surface area contributed by atoms with Crippen molar-refractivity contribution >= 4 is 29.3 Å². The number of allylic oxidation sites excluding steroid dienone is 1. The van der Waals surface area contributed by atoms with Gasteiger partial charge in [0.15, 0.2) is 0 Å². The number of thioether (sulfide) groups is 1. The molecule has 1 N–H and O–H groups in total. The van der Waals surface area contributed by atoms with Crippen LogP contribution in [0.1, 0.15) is 18.4 Å². The number of rotatable bonds is 16. The van der Waals surface area contributed by atoms with Crippen LogP contribution in [0.5, 0.6) is 11.5 Å². The van der Waals surface area contributed by atoms with Gasteiger partial charge < -0.3 is 38.8 Å². The molecule has 2 aromatic rings. The maximum atomic E-state index is 13.1. The summed E-state index contributed by atoms with van der Waals surface area (Å²) in [6.07, 6.45) is 7.61. The van der Waals surface area contributed by atoms with Crippen molar-refractivity contribution < 1.29 is 33.3 Å². The first-order chi connectivity index (χ1) is 22.1. The van der Waals surface area contributed by atoms with Crippen LogP contribution in [0.15, 0.2) is 71.7 Å². The third-order valence-electron chi connectivity index (χ3n) is 7.95. The molecule has 2 fully saturated rings. The van der Waals surface area contributed by atoms with E-state index in [1.807, 2.05) is 64.4 Å². The fourth-order valence-corrected chi connectivity index (χ4v) is 6.74. The lowest BCUT2D eigenvalue weighted by molar-refractivity contribution is -0.150. The summed E-state index contributed by atoms with van der Waals surface area (Å²) in [7, 11) is 3.33. The summed E-state index contributed by atoms with van der Waals surface area (Å²) >= 11 is 1.69. The molecule has 3 aliphatic rings. The first kappa shape index (κ1) is 33.0. The van der Waals surface area contributed by atoms with E-state index in [0.29, 0.717) is 51.8 Å². The van der Waals surface area contributed by atoms with Gasteiger partial charge in [0.25, 0.3) is 0 Å². The molecule has 0 bridgehead atoms. The maximum absolute atomic E-state index is 13.1. The molecule has 2 unspecified atom stereocenters. The molecule has 2 saturated heterocycles. The Labute approximate surface area is 269 Å². The van der Waals surface area contributed by atoms with Crippen LogP contribution in [0.4, 0.5) is 5.69 Å². The highest BCUT2D eigenvalue weighted by atomic mass is 32.2. The molecule has 3 atom stereocenters. The lowest BCUT2D eigenvalue weighted by Crippen LogP contribution is -2.56. The topological polar surface area (TPSA) is 98.8 Å². The van der Waals surface area contributed by atoms with Crippen molar-refractivity contribution in [3.8, 4) is 11.5 Å². The average molecular weight is 638 g/mol. The minimum absolute atomic E-state index is 0.00127. The van der Waals surface area contributed by atoms with Gasteiger partial charge in [0.05, 0.1) is 45.6 Å². The van der Waals surface area contributed by atoms with E-state index in [9.17, 15) is 9.59 Å². The Morgan fingerprint density at radius 2 is 1.84 bits per heavy atom. The van der Waals surface area contributed by atoms with Crippen molar-refractivity contribution in [2.45, 2.75) is 37.6 Å². The molecule has 10 nitrogen and oxygen atoms in total. The Hall–Kier alpha value is -3.35. The van der Waals surface area contributed by atoms with Crippen LogP contribution in [0.3, 0.4) is 0 Å². The van der Waals surface area contributed by atoms with Gasteiger partial charge in [0, 0.05) is 55.1 Å². The number of benzene rings is 2. The van der Waals surface area contributed by atoms with Crippen LogP contribution < -0.4 is 19.7 Å². The Kier molecular flexibility index (Phi) is 12.3. The second-order valence-corrected chi connectivity index (χ2v) is 12.1. The predicted molar refractivity (Wildman–Crippen MR) is 175 cm³/mol.